The van der Waals surface area contributed by atoms with E-state index in [-0.39, 0.29) is 21.1 Å². The molecule has 0 aliphatic carbocycles. The van der Waals surface area contributed by atoms with Gasteiger partial charge >= 0.3 is 0 Å². The van der Waals surface area contributed by atoms with Gasteiger partial charge in [-0.3, -0.25) is 4.72 Å². The third-order valence-electron chi connectivity index (χ3n) is 2.19. The molecule has 0 bridgehead atoms. The normalized spacial score (nSPS) is 11.5. The minimum atomic E-state index is -4.05. The lowest BCUT2D eigenvalue weighted by molar-refractivity contribution is 0.469. The summed E-state index contributed by atoms with van der Waals surface area (Å²) >= 11 is 2.95. The van der Waals surface area contributed by atoms with E-state index < -0.39 is 15.8 Å². The second-order valence-corrected chi connectivity index (χ2v) is 5.93. The molecule has 0 saturated heterocycles. The number of nitrogens with zero attached hydrogens (tertiary/aromatic N) is 3. The first-order valence-electron chi connectivity index (χ1n) is 4.88. The van der Waals surface area contributed by atoms with Gasteiger partial charge in [0.25, 0.3) is 10.0 Å². The van der Waals surface area contributed by atoms with Crippen molar-refractivity contribution in [2.45, 2.75) is 5.03 Å². The van der Waals surface area contributed by atoms with Crippen molar-refractivity contribution in [2.75, 3.05) is 4.72 Å². The molecule has 0 saturated carbocycles. The summed E-state index contributed by atoms with van der Waals surface area (Å²) in [4.78, 5) is 0. The maximum atomic E-state index is 13.5. The van der Waals surface area contributed by atoms with Gasteiger partial charge in [0, 0.05) is 13.1 Å². The van der Waals surface area contributed by atoms with Gasteiger partial charge in [0.2, 0.25) is 5.03 Å². The molecular formula is C9H8BrFN4O3S. The molecular weight excluding hydrogens is 343 g/mol. The number of rotatable bonds is 3. The van der Waals surface area contributed by atoms with Crippen LogP contribution < -0.4 is 4.72 Å². The van der Waals surface area contributed by atoms with Gasteiger partial charge in [0.1, 0.15) is 5.75 Å². The summed E-state index contributed by atoms with van der Waals surface area (Å²) in [7, 11) is -2.66. The Kier molecular flexibility index (Phi) is 3.45. The van der Waals surface area contributed by atoms with Crippen LogP contribution in [0.5, 0.6) is 5.75 Å². The van der Waals surface area contributed by atoms with Crippen LogP contribution in [0.4, 0.5) is 10.1 Å². The van der Waals surface area contributed by atoms with Crippen LogP contribution in [0.3, 0.4) is 0 Å². The predicted octanol–water partition coefficient (Wildman–Crippen LogP) is 1.22. The standard InChI is InChI=1S/C9H8BrFN4O3S/c1-15-9(8(10)12-14-15)19(17,18)13-7-3-2-5(16)4-6(7)11/h2-4,13,16H,1H3. The highest BCUT2D eigenvalue weighted by Crippen LogP contribution is 2.24. The number of nitrogens with one attached hydrogen (secondary N) is 1. The summed E-state index contributed by atoms with van der Waals surface area (Å²) < 4.78 is 40.7. The highest BCUT2D eigenvalue weighted by molar-refractivity contribution is 9.10. The van der Waals surface area contributed by atoms with Crippen molar-refractivity contribution in [2.24, 2.45) is 7.05 Å². The summed E-state index contributed by atoms with van der Waals surface area (Å²) in [6.07, 6.45) is 0. The van der Waals surface area contributed by atoms with Gasteiger partial charge in [-0.1, -0.05) is 5.21 Å². The van der Waals surface area contributed by atoms with Gasteiger partial charge in [-0.25, -0.2) is 9.07 Å². The molecule has 0 unspecified atom stereocenters. The number of phenolic OH excluding ortho intramolecular Hbond substituents is 1. The molecule has 1 aromatic carbocycles. The molecule has 2 rings (SSSR count). The minimum absolute atomic E-state index is 0.0155. The Morgan fingerprint density at radius 2 is 2.16 bits per heavy atom. The molecule has 2 N–H and O–H groups in total. The Balaban J connectivity index is 2.42. The van der Waals surface area contributed by atoms with E-state index in [0.29, 0.717) is 0 Å². The van der Waals surface area contributed by atoms with Crippen molar-refractivity contribution in [1.29, 1.82) is 0 Å². The molecule has 2 aromatic rings. The molecule has 0 fully saturated rings. The second-order valence-electron chi connectivity index (χ2n) is 3.58. The van der Waals surface area contributed by atoms with E-state index in [4.69, 9.17) is 5.11 Å². The van der Waals surface area contributed by atoms with Crippen molar-refractivity contribution in [3.63, 3.8) is 0 Å². The number of aromatic nitrogens is 3. The van der Waals surface area contributed by atoms with Crippen LogP contribution >= 0.6 is 15.9 Å². The van der Waals surface area contributed by atoms with Crippen LogP contribution in [0, 0.1) is 5.82 Å². The lowest BCUT2D eigenvalue weighted by Crippen LogP contribution is -2.17. The maximum Gasteiger partial charge on any atom is 0.282 e. The van der Waals surface area contributed by atoms with E-state index >= 15 is 0 Å². The smallest absolute Gasteiger partial charge is 0.282 e. The monoisotopic (exact) mass is 350 g/mol. The molecule has 1 heterocycles. The van der Waals surface area contributed by atoms with Crippen molar-refractivity contribution < 1.29 is 17.9 Å². The molecule has 7 nitrogen and oxygen atoms in total. The molecule has 102 valence electrons. The molecule has 0 atom stereocenters. The summed E-state index contributed by atoms with van der Waals surface area (Å²) in [5.41, 5.74) is -0.286. The van der Waals surface area contributed by atoms with E-state index in [1.54, 1.807) is 0 Å². The number of hydrogen-bond acceptors (Lipinski definition) is 5. The number of sulfonamides is 1. The number of hydrogen-bond donors (Lipinski definition) is 2. The average Bonchev–Trinajstić information content (AvgIpc) is 2.63. The van der Waals surface area contributed by atoms with Gasteiger partial charge in [-0.15, -0.1) is 5.10 Å². The van der Waals surface area contributed by atoms with Crippen LogP contribution in [0.2, 0.25) is 0 Å². The zero-order chi connectivity index (χ0) is 14.2. The van der Waals surface area contributed by atoms with Gasteiger partial charge in [-0.05, 0) is 28.1 Å². The Hall–Kier alpha value is -1.68. The molecule has 0 amide bonds. The highest BCUT2D eigenvalue weighted by Gasteiger charge is 2.25. The average molecular weight is 351 g/mol. The maximum absolute atomic E-state index is 13.5. The van der Waals surface area contributed by atoms with E-state index in [1.165, 1.54) is 7.05 Å². The fraction of sp³-hybridized carbons (Fsp3) is 0.111. The van der Waals surface area contributed by atoms with Crippen LogP contribution in [0.1, 0.15) is 0 Å². The number of benzene rings is 1. The predicted molar refractivity (Wildman–Crippen MR) is 67.6 cm³/mol. The topological polar surface area (TPSA) is 97.1 Å². The van der Waals surface area contributed by atoms with E-state index in [1.807, 2.05) is 0 Å². The van der Waals surface area contributed by atoms with Gasteiger partial charge < -0.3 is 5.11 Å². The number of aryl methyl sites for hydroxylation is 1. The quantitative estimate of drug-likeness (QED) is 0.811. The van der Waals surface area contributed by atoms with E-state index in [9.17, 15) is 12.8 Å². The van der Waals surface area contributed by atoms with Gasteiger partial charge in [-0.2, -0.15) is 8.42 Å². The van der Waals surface area contributed by atoms with Crippen molar-refractivity contribution in [3.8, 4) is 5.75 Å². The molecule has 0 radical (unpaired) electrons. The molecule has 1 aromatic heterocycles. The number of halogens is 2. The summed E-state index contributed by atoms with van der Waals surface area (Å²) in [5.74, 6) is -1.20. The first-order valence-corrected chi connectivity index (χ1v) is 7.15. The molecule has 19 heavy (non-hydrogen) atoms. The zero-order valence-electron chi connectivity index (χ0n) is 9.50. The van der Waals surface area contributed by atoms with Crippen LogP contribution in [0.25, 0.3) is 0 Å². The Morgan fingerprint density at radius 3 is 2.68 bits per heavy atom. The largest absolute Gasteiger partial charge is 0.508 e. The molecule has 0 spiro atoms. The summed E-state index contributed by atoms with van der Waals surface area (Å²) in [6.45, 7) is 0. The Labute approximate surface area is 116 Å². The summed E-state index contributed by atoms with van der Waals surface area (Å²) in [5, 5.41) is 15.9. The highest BCUT2D eigenvalue weighted by atomic mass is 79.9. The van der Waals surface area contributed by atoms with Crippen molar-refractivity contribution in [1.82, 2.24) is 15.0 Å². The molecule has 0 aliphatic rings. The third kappa shape index (κ3) is 2.68. The molecule has 0 aliphatic heterocycles. The lowest BCUT2D eigenvalue weighted by Gasteiger charge is -2.08. The van der Waals surface area contributed by atoms with E-state index in [0.717, 1.165) is 22.9 Å². The Morgan fingerprint density at radius 1 is 1.47 bits per heavy atom. The van der Waals surface area contributed by atoms with Crippen LogP contribution in [-0.2, 0) is 17.1 Å². The molecule has 10 heteroatoms. The second kappa shape index (κ2) is 4.78. The first kappa shape index (κ1) is 13.7. The van der Waals surface area contributed by atoms with Gasteiger partial charge in [0.15, 0.2) is 10.4 Å². The fourth-order valence-electron chi connectivity index (χ4n) is 1.39. The van der Waals surface area contributed by atoms with Crippen molar-refractivity contribution >= 4 is 31.6 Å². The Bertz CT molecular complexity index is 712. The fourth-order valence-corrected chi connectivity index (χ4v) is 3.55. The van der Waals surface area contributed by atoms with Crippen LogP contribution in [0.15, 0.2) is 27.8 Å². The lowest BCUT2D eigenvalue weighted by atomic mass is 10.3. The van der Waals surface area contributed by atoms with E-state index in [2.05, 4.69) is 31.0 Å². The van der Waals surface area contributed by atoms with Crippen molar-refractivity contribution in [3.05, 3.63) is 28.6 Å². The summed E-state index contributed by atoms with van der Waals surface area (Å²) in [6, 6.07) is 3.08. The number of anilines is 1. The zero-order valence-corrected chi connectivity index (χ0v) is 11.9. The SMILES string of the molecule is Cn1nnc(Br)c1S(=O)(=O)Nc1ccc(O)cc1F. The number of aromatic hydroxyl groups is 1. The third-order valence-corrected chi connectivity index (χ3v) is 4.44. The first-order chi connectivity index (χ1) is 8.81. The minimum Gasteiger partial charge on any atom is -0.508 e. The van der Waals surface area contributed by atoms with Crippen LogP contribution in [-0.4, -0.2) is 28.5 Å². The number of phenols is 1. The van der Waals surface area contributed by atoms with Gasteiger partial charge in [0.05, 0.1) is 5.69 Å².